The second kappa shape index (κ2) is 6.90. The molecule has 0 bridgehead atoms. The Bertz CT molecular complexity index is 895. The number of aromatic nitrogens is 1. The molecule has 0 aliphatic rings. The number of rotatable bonds is 5. The van der Waals surface area contributed by atoms with Crippen LogP contribution in [-0.4, -0.2) is 22.3 Å². The predicted molar refractivity (Wildman–Crippen MR) is 88.1 cm³/mol. The van der Waals surface area contributed by atoms with Gasteiger partial charge in [-0.05, 0) is 41.8 Å². The molecule has 0 radical (unpaired) electrons. The van der Waals surface area contributed by atoms with Gasteiger partial charge in [-0.15, -0.1) is 0 Å². The van der Waals surface area contributed by atoms with Gasteiger partial charge in [0.25, 0.3) is 5.91 Å². The fourth-order valence-electron chi connectivity index (χ4n) is 2.43. The summed E-state index contributed by atoms with van der Waals surface area (Å²) < 4.78 is 21.0. The minimum absolute atomic E-state index is 0.135. The number of carbonyl (C=O) groups excluding carboxylic acids is 1. The lowest BCUT2D eigenvalue weighted by Crippen LogP contribution is -2.18. The number of benzene rings is 2. The van der Waals surface area contributed by atoms with Gasteiger partial charge in [0.1, 0.15) is 6.61 Å². The van der Waals surface area contributed by atoms with Gasteiger partial charge in [0.15, 0.2) is 11.6 Å². The number of hydrogen-bond acceptors (Lipinski definition) is 3. The summed E-state index contributed by atoms with van der Waals surface area (Å²) in [5, 5.41) is 9.98. The van der Waals surface area contributed by atoms with Crippen molar-refractivity contribution in [2.75, 3.05) is 6.61 Å². The predicted octanol–water partition coefficient (Wildman–Crippen LogP) is 3.63. The van der Waals surface area contributed by atoms with E-state index in [-0.39, 0.29) is 12.4 Å². The van der Waals surface area contributed by atoms with Gasteiger partial charge in [-0.2, -0.15) is 0 Å². The van der Waals surface area contributed by atoms with Gasteiger partial charge in [-0.1, -0.05) is 17.7 Å². The summed E-state index contributed by atoms with van der Waals surface area (Å²) in [7, 11) is 0. The third-order valence-corrected chi connectivity index (χ3v) is 3.86. The molecule has 0 saturated heterocycles. The smallest absolute Gasteiger partial charge is 0.274 e. The van der Waals surface area contributed by atoms with E-state index in [1.54, 1.807) is 29.7 Å². The van der Waals surface area contributed by atoms with Crippen molar-refractivity contribution in [1.82, 2.24) is 10.0 Å². The van der Waals surface area contributed by atoms with Crippen molar-refractivity contribution in [3.8, 4) is 5.75 Å². The first kappa shape index (κ1) is 16.3. The Kier molecular flexibility index (Phi) is 4.69. The van der Waals surface area contributed by atoms with E-state index in [0.29, 0.717) is 17.1 Å². The van der Waals surface area contributed by atoms with Crippen LogP contribution in [0.3, 0.4) is 0 Å². The van der Waals surface area contributed by atoms with E-state index in [9.17, 15) is 9.18 Å². The van der Waals surface area contributed by atoms with Crippen LogP contribution < -0.4 is 10.2 Å². The molecule has 1 amide bonds. The molecule has 1 aromatic heterocycles. The van der Waals surface area contributed by atoms with E-state index in [0.717, 1.165) is 10.9 Å². The van der Waals surface area contributed by atoms with Crippen LogP contribution in [0.1, 0.15) is 10.4 Å². The highest BCUT2D eigenvalue weighted by atomic mass is 35.5. The Morgan fingerprint density at radius 3 is 2.83 bits per heavy atom. The van der Waals surface area contributed by atoms with Gasteiger partial charge in [0.05, 0.1) is 6.54 Å². The first-order valence-corrected chi connectivity index (χ1v) is 7.57. The molecule has 0 aliphatic heterocycles. The molecule has 0 saturated carbocycles. The summed E-state index contributed by atoms with van der Waals surface area (Å²) in [5.41, 5.74) is 2.77. The lowest BCUT2D eigenvalue weighted by molar-refractivity contribution is 0.0706. The van der Waals surface area contributed by atoms with Gasteiger partial charge >= 0.3 is 0 Å². The second-order valence-electron chi connectivity index (χ2n) is 5.15. The summed E-state index contributed by atoms with van der Waals surface area (Å²) in [6.45, 7) is 0.717. The minimum atomic E-state index is -0.580. The topological polar surface area (TPSA) is 63.5 Å². The van der Waals surface area contributed by atoms with Gasteiger partial charge in [-0.3, -0.25) is 10.0 Å². The van der Waals surface area contributed by atoms with E-state index in [4.69, 9.17) is 21.5 Å². The van der Waals surface area contributed by atoms with E-state index >= 15 is 0 Å². The first-order valence-electron chi connectivity index (χ1n) is 7.19. The zero-order valence-electron chi connectivity index (χ0n) is 12.5. The molecule has 0 unspecified atom stereocenters. The quantitative estimate of drug-likeness (QED) is 0.546. The van der Waals surface area contributed by atoms with Crippen molar-refractivity contribution in [1.29, 1.82) is 0 Å². The maximum absolute atomic E-state index is 13.7. The standard InChI is InChI=1S/C17H14ClFN2O3/c18-13-3-4-16(14(19)10-13)24-8-7-21-6-5-11-1-2-12(9-15(11)21)17(22)20-23/h1-6,9-10,23H,7-8H2,(H,20,22). The zero-order chi connectivity index (χ0) is 17.1. The second-order valence-corrected chi connectivity index (χ2v) is 5.58. The highest BCUT2D eigenvalue weighted by molar-refractivity contribution is 6.30. The Hall–Kier alpha value is -2.57. The number of hydroxylamine groups is 1. The SMILES string of the molecule is O=C(NO)c1ccc2ccn(CCOc3ccc(Cl)cc3F)c2c1. The Balaban J connectivity index is 1.74. The van der Waals surface area contributed by atoms with Crippen molar-refractivity contribution in [2.24, 2.45) is 0 Å². The summed E-state index contributed by atoms with van der Waals surface area (Å²) in [4.78, 5) is 11.5. The van der Waals surface area contributed by atoms with Crippen LogP contribution >= 0.6 is 11.6 Å². The summed E-state index contributed by atoms with van der Waals surface area (Å²) >= 11 is 5.70. The minimum Gasteiger partial charge on any atom is -0.489 e. The van der Waals surface area contributed by atoms with Gasteiger partial charge < -0.3 is 9.30 Å². The third kappa shape index (κ3) is 3.34. The van der Waals surface area contributed by atoms with E-state index < -0.39 is 11.7 Å². The lowest BCUT2D eigenvalue weighted by atomic mass is 10.1. The maximum Gasteiger partial charge on any atom is 0.274 e. The maximum atomic E-state index is 13.7. The van der Waals surface area contributed by atoms with Crippen LogP contribution in [0.2, 0.25) is 5.02 Å². The van der Waals surface area contributed by atoms with Gasteiger partial charge in [0.2, 0.25) is 0 Å². The molecule has 1 heterocycles. The van der Waals surface area contributed by atoms with Crippen LogP contribution in [-0.2, 0) is 6.54 Å². The average Bonchev–Trinajstić information content (AvgIpc) is 2.98. The normalized spacial score (nSPS) is 10.8. The molecule has 0 aliphatic carbocycles. The fourth-order valence-corrected chi connectivity index (χ4v) is 2.59. The highest BCUT2D eigenvalue weighted by Crippen LogP contribution is 2.22. The van der Waals surface area contributed by atoms with Gasteiger partial charge in [0, 0.05) is 22.3 Å². The van der Waals surface area contributed by atoms with Crippen LogP contribution in [0.4, 0.5) is 4.39 Å². The Labute approximate surface area is 142 Å². The molecule has 124 valence electrons. The van der Waals surface area contributed by atoms with Crippen LogP contribution in [0.15, 0.2) is 48.7 Å². The number of carbonyl (C=O) groups is 1. The molecule has 0 atom stereocenters. The van der Waals surface area contributed by atoms with Crippen molar-refractivity contribution >= 4 is 28.4 Å². The molecule has 3 aromatic rings. The molecule has 5 nitrogen and oxygen atoms in total. The van der Waals surface area contributed by atoms with Crippen molar-refractivity contribution in [2.45, 2.75) is 6.54 Å². The summed E-state index contributed by atoms with van der Waals surface area (Å²) in [6, 6.07) is 11.2. The van der Waals surface area contributed by atoms with Gasteiger partial charge in [-0.25, -0.2) is 9.87 Å². The number of nitrogens with one attached hydrogen (secondary N) is 1. The molecule has 2 aromatic carbocycles. The number of nitrogens with zero attached hydrogens (tertiary/aromatic N) is 1. The largest absolute Gasteiger partial charge is 0.489 e. The first-order chi connectivity index (χ1) is 11.6. The van der Waals surface area contributed by atoms with Crippen molar-refractivity contribution in [3.63, 3.8) is 0 Å². The summed E-state index contributed by atoms with van der Waals surface area (Å²) in [5.74, 6) is -0.956. The van der Waals surface area contributed by atoms with Crippen LogP contribution in [0.25, 0.3) is 10.9 Å². The average molecular weight is 349 g/mol. The molecule has 0 spiro atoms. The lowest BCUT2D eigenvalue weighted by Gasteiger charge is -2.10. The number of halogens is 2. The van der Waals surface area contributed by atoms with Crippen LogP contribution in [0, 0.1) is 5.82 Å². The number of fused-ring (bicyclic) bond motifs is 1. The fraction of sp³-hybridized carbons (Fsp3) is 0.118. The Morgan fingerprint density at radius 1 is 1.25 bits per heavy atom. The van der Waals surface area contributed by atoms with E-state index in [2.05, 4.69) is 0 Å². The number of ether oxygens (including phenoxy) is 1. The Morgan fingerprint density at radius 2 is 2.08 bits per heavy atom. The molecule has 24 heavy (non-hydrogen) atoms. The molecule has 3 rings (SSSR count). The highest BCUT2D eigenvalue weighted by Gasteiger charge is 2.08. The van der Waals surface area contributed by atoms with Crippen molar-refractivity contribution < 1.29 is 19.1 Å². The molecule has 2 N–H and O–H groups in total. The van der Waals surface area contributed by atoms with E-state index in [1.165, 1.54) is 12.1 Å². The monoisotopic (exact) mass is 348 g/mol. The van der Waals surface area contributed by atoms with Crippen LogP contribution in [0.5, 0.6) is 5.75 Å². The zero-order valence-corrected chi connectivity index (χ0v) is 13.3. The third-order valence-electron chi connectivity index (χ3n) is 3.62. The number of amides is 1. The molecular weight excluding hydrogens is 335 g/mol. The molecule has 7 heteroatoms. The molecular formula is C17H14ClFN2O3. The molecule has 0 fully saturated rings. The van der Waals surface area contributed by atoms with E-state index in [1.807, 2.05) is 16.8 Å². The summed E-state index contributed by atoms with van der Waals surface area (Å²) in [6.07, 6.45) is 1.85. The number of hydrogen-bond donors (Lipinski definition) is 2. The van der Waals surface area contributed by atoms with Crippen molar-refractivity contribution in [3.05, 3.63) is 65.1 Å².